The van der Waals surface area contributed by atoms with E-state index < -0.39 is 6.04 Å². The first-order valence-electron chi connectivity index (χ1n) is 10.8. The van der Waals surface area contributed by atoms with Crippen LogP contribution in [0.4, 0.5) is 0 Å². The van der Waals surface area contributed by atoms with E-state index in [0.29, 0.717) is 54.3 Å². The standard InChI is InChI=1S/C23H26ClN5O3S/c1-15(2)20(26-22(30)18-4-3-13-33-18)23(31)29-11-9-28(10-12-29)14-19-25-21(27-32-19)16-5-7-17(24)8-6-16/h3-8,13,15,20H,9-12,14H2,1-2H3,(H,26,30). The topological polar surface area (TPSA) is 91.6 Å². The van der Waals surface area contributed by atoms with Gasteiger partial charge in [-0.05, 0) is 41.6 Å². The minimum atomic E-state index is -0.552. The summed E-state index contributed by atoms with van der Waals surface area (Å²) < 4.78 is 5.41. The van der Waals surface area contributed by atoms with Gasteiger partial charge in [-0.3, -0.25) is 14.5 Å². The van der Waals surface area contributed by atoms with E-state index >= 15 is 0 Å². The number of piperazine rings is 1. The molecule has 2 amide bonds. The van der Waals surface area contributed by atoms with Gasteiger partial charge in [0, 0.05) is 36.8 Å². The van der Waals surface area contributed by atoms with Gasteiger partial charge in [-0.15, -0.1) is 11.3 Å². The van der Waals surface area contributed by atoms with Crippen LogP contribution in [-0.4, -0.2) is 64.0 Å². The largest absolute Gasteiger partial charge is 0.339 e. The molecule has 8 nitrogen and oxygen atoms in total. The van der Waals surface area contributed by atoms with E-state index in [1.165, 1.54) is 11.3 Å². The van der Waals surface area contributed by atoms with Crippen LogP contribution in [0.3, 0.4) is 0 Å². The van der Waals surface area contributed by atoms with Gasteiger partial charge in [-0.1, -0.05) is 36.7 Å². The average Bonchev–Trinajstić information content (AvgIpc) is 3.50. The smallest absolute Gasteiger partial charge is 0.262 e. The molecule has 1 unspecified atom stereocenters. The van der Waals surface area contributed by atoms with Crippen LogP contribution in [0.1, 0.15) is 29.4 Å². The fourth-order valence-corrected chi connectivity index (χ4v) is 4.44. The van der Waals surface area contributed by atoms with Crippen LogP contribution in [0.25, 0.3) is 11.4 Å². The fraction of sp³-hybridized carbons (Fsp3) is 0.391. The van der Waals surface area contributed by atoms with E-state index in [1.54, 1.807) is 18.2 Å². The number of rotatable bonds is 7. The van der Waals surface area contributed by atoms with Crippen molar-refractivity contribution in [2.24, 2.45) is 5.92 Å². The molecule has 10 heteroatoms. The fourth-order valence-electron chi connectivity index (χ4n) is 3.68. The summed E-state index contributed by atoms with van der Waals surface area (Å²) in [5, 5.41) is 9.47. The van der Waals surface area contributed by atoms with Gasteiger partial charge in [0.15, 0.2) is 0 Å². The number of carbonyl (C=O) groups is 2. The van der Waals surface area contributed by atoms with Crippen LogP contribution < -0.4 is 5.32 Å². The summed E-state index contributed by atoms with van der Waals surface area (Å²) in [4.78, 5) is 34.7. The summed E-state index contributed by atoms with van der Waals surface area (Å²) in [6, 6.07) is 10.3. The second-order valence-electron chi connectivity index (χ2n) is 8.29. The molecular weight excluding hydrogens is 462 g/mol. The van der Waals surface area contributed by atoms with E-state index in [4.69, 9.17) is 16.1 Å². The van der Waals surface area contributed by atoms with Crippen molar-refractivity contribution in [1.29, 1.82) is 0 Å². The highest BCUT2D eigenvalue weighted by Crippen LogP contribution is 2.20. The summed E-state index contributed by atoms with van der Waals surface area (Å²) in [6.07, 6.45) is 0. The number of nitrogens with zero attached hydrogens (tertiary/aromatic N) is 4. The molecule has 174 valence electrons. The zero-order chi connectivity index (χ0) is 23.4. The second kappa shape index (κ2) is 10.5. The number of halogens is 1. The molecule has 1 aliphatic heterocycles. The van der Waals surface area contributed by atoms with Crippen molar-refractivity contribution in [2.75, 3.05) is 26.2 Å². The van der Waals surface area contributed by atoms with Crippen molar-refractivity contribution in [3.05, 3.63) is 57.6 Å². The quantitative estimate of drug-likeness (QED) is 0.548. The number of thiophene rings is 1. The Bertz CT molecular complexity index is 1080. The molecule has 0 radical (unpaired) electrons. The van der Waals surface area contributed by atoms with Crippen molar-refractivity contribution in [3.8, 4) is 11.4 Å². The van der Waals surface area contributed by atoms with E-state index in [1.807, 2.05) is 42.3 Å². The van der Waals surface area contributed by atoms with Crippen molar-refractivity contribution in [2.45, 2.75) is 26.4 Å². The second-order valence-corrected chi connectivity index (χ2v) is 9.68. The maximum Gasteiger partial charge on any atom is 0.262 e. The van der Waals surface area contributed by atoms with Crippen molar-refractivity contribution >= 4 is 34.8 Å². The molecular formula is C23H26ClN5O3S. The third-order valence-electron chi connectivity index (χ3n) is 5.58. The molecule has 33 heavy (non-hydrogen) atoms. The lowest BCUT2D eigenvalue weighted by Crippen LogP contribution is -2.56. The maximum absolute atomic E-state index is 13.1. The van der Waals surface area contributed by atoms with Crippen molar-refractivity contribution < 1.29 is 14.1 Å². The van der Waals surface area contributed by atoms with Crippen LogP contribution in [-0.2, 0) is 11.3 Å². The zero-order valence-corrected chi connectivity index (χ0v) is 20.1. The normalized spacial score (nSPS) is 15.6. The van der Waals surface area contributed by atoms with Crippen molar-refractivity contribution in [3.63, 3.8) is 0 Å². The number of nitrogens with one attached hydrogen (secondary N) is 1. The predicted molar refractivity (Wildman–Crippen MR) is 127 cm³/mol. The molecule has 0 saturated carbocycles. The highest BCUT2D eigenvalue weighted by Gasteiger charge is 2.31. The zero-order valence-electron chi connectivity index (χ0n) is 18.5. The third kappa shape index (κ3) is 5.79. The lowest BCUT2D eigenvalue weighted by molar-refractivity contribution is -0.136. The Hall–Kier alpha value is -2.75. The maximum atomic E-state index is 13.1. The molecule has 4 rings (SSSR count). The summed E-state index contributed by atoms with van der Waals surface area (Å²) in [5.41, 5.74) is 0.842. The summed E-state index contributed by atoms with van der Waals surface area (Å²) >= 11 is 7.30. The Morgan fingerprint density at radius 2 is 1.88 bits per heavy atom. The summed E-state index contributed by atoms with van der Waals surface area (Å²) in [5.74, 6) is 0.796. The minimum absolute atomic E-state index is 0.0101. The Balaban J connectivity index is 1.31. The number of benzene rings is 1. The number of hydrogen-bond acceptors (Lipinski definition) is 7. The number of carbonyl (C=O) groups excluding carboxylic acids is 2. The Kier molecular flexibility index (Phi) is 7.42. The molecule has 1 saturated heterocycles. The lowest BCUT2D eigenvalue weighted by Gasteiger charge is -2.36. The molecule has 1 N–H and O–H groups in total. The van der Waals surface area contributed by atoms with E-state index in [2.05, 4.69) is 20.4 Å². The first kappa shape index (κ1) is 23.4. The van der Waals surface area contributed by atoms with E-state index in [9.17, 15) is 9.59 Å². The molecule has 1 atom stereocenters. The van der Waals surface area contributed by atoms with Gasteiger partial charge in [0.05, 0.1) is 11.4 Å². The number of amides is 2. The molecule has 2 aromatic heterocycles. The Morgan fingerprint density at radius 1 is 1.15 bits per heavy atom. The highest BCUT2D eigenvalue weighted by molar-refractivity contribution is 7.12. The van der Waals surface area contributed by atoms with Gasteiger partial charge < -0.3 is 14.7 Å². The third-order valence-corrected chi connectivity index (χ3v) is 6.70. The first-order chi connectivity index (χ1) is 15.9. The lowest BCUT2D eigenvalue weighted by atomic mass is 10.0. The van der Waals surface area contributed by atoms with Crippen LogP contribution in [0.15, 0.2) is 46.3 Å². The molecule has 0 aliphatic carbocycles. The SMILES string of the molecule is CC(C)C(NC(=O)c1cccs1)C(=O)N1CCN(Cc2nc(-c3ccc(Cl)cc3)no2)CC1. The molecule has 0 spiro atoms. The van der Waals surface area contributed by atoms with Gasteiger partial charge in [0.25, 0.3) is 5.91 Å². The predicted octanol–water partition coefficient (Wildman–Crippen LogP) is 3.55. The van der Waals surface area contributed by atoms with Gasteiger partial charge in [0.1, 0.15) is 6.04 Å². The van der Waals surface area contributed by atoms with Crippen LogP contribution in [0.2, 0.25) is 5.02 Å². The number of aromatic nitrogens is 2. The highest BCUT2D eigenvalue weighted by atomic mass is 35.5. The van der Waals surface area contributed by atoms with Gasteiger partial charge in [-0.25, -0.2) is 0 Å². The van der Waals surface area contributed by atoms with E-state index in [-0.39, 0.29) is 17.7 Å². The van der Waals surface area contributed by atoms with Gasteiger partial charge in [-0.2, -0.15) is 4.98 Å². The molecule has 3 aromatic rings. The molecule has 3 heterocycles. The Morgan fingerprint density at radius 3 is 2.52 bits per heavy atom. The van der Waals surface area contributed by atoms with Gasteiger partial charge >= 0.3 is 0 Å². The van der Waals surface area contributed by atoms with Crippen LogP contribution in [0, 0.1) is 5.92 Å². The molecule has 1 aliphatic rings. The van der Waals surface area contributed by atoms with Crippen LogP contribution in [0.5, 0.6) is 0 Å². The minimum Gasteiger partial charge on any atom is -0.339 e. The molecule has 1 aromatic carbocycles. The molecule has 0 bridgehead atoms. The Labute approximate surface area is 201 Å². The monoisotopic (exact) mass is 487 g/mol. The van der Waals surface area contributed by atoms with Crippen molar-refractivity contribution in [1.82, 2.24) is 25.3 Å². The summed E-state index contributed by atoms with van der Waals surface area (Å²) in [7, 11) is 0. The first-order valence-corrected chi connectivity index (χ1v) is 12.1. The van der Waals surface area contributed by atoms with Crippen LogP contribution >= 0.6 is 22.9 Å². The average molecular weight is 488 g/mol. The van der Waals surface area contributed by atoms with Gasteiger partial charge in [0.2, 0.25) is 17.6 Å². The molecule has 1 fully saturated rings. The summed E-state index contributed by atoms with van der Waals surface area (Å²) in [6.45, 7) is 6.94. The van der Waals surface area contributed by atoms with E-state index in [0.717, 1.165) is 5.56 Å². The number of hydrogen-bond donors (Lipinski definition) is 1.